The van der Waals surface area contributed by atoms with Crippen molar-refractivity contribution in [1.82, 2.24) is 0 Å². The molecule has 2 fully saturated rings. The molecule has 0 radical (unpaired) electrons. The Balaban J connectivity index is 2.02. The second-order valence-corrected chi connectivity index (χ2v) is 6.50. The van der Waals surface area contributed by atoms with Crippen molar-refractivity contribution in [2.45, 2.75) is 44.7 Å². The molecule has 0 N–H and O–H groups in total. The number of fused-ring (bicyclic) bond motifs is 2. The van der Waals surface area contributed by atoms with Crippen LogP contribution in [-0.2, 0) is 9.53 Å². The van der Waals surface area contributed by atoms with Crippen molar-refractivity contribution in [3.05, 3.63) is 29.3 Å². The van der Waals surface area contributed by atoms with Crippen LogP contribution in [0.2, 0.25) is 0 Å². The van der Waals surface area contributed by atoms with E-state index in [1.165, 1.54) is 0 Å². The van der Waals surface area contributed by atoms with Gasteiger partial charge in [-0.1, -0.05) is 0 Å². The first-order valence-electron chi connectivity index (χ1n) is 8.94. The van der Waals surface area contributed by atoms with Crippen LogP contribution in [0.1, 0.15) is 32.6 Å². The van der Waals surface area contributed by atoms with Crippen LogP contribution in [0.15, 0.2) is 29.3 Å². The first kappa shape index (κ1) is 18.1. The molecule has 0 aliphatic carbocycles. The van der Waals surface area contributed by atoms with Crippen LogP contribution in [0.3, 0.4) is 0 Å². The Morgan fingerprint density at radius 3 is 2.46 bits per heavy atom. The number of anilines is 1. The lowest BCUT2D eigenvalue weighted by Crippen LogP contribution is -2.42. The summed E-state index contributed by atoms with van der Waals surface area (Å²) in [6.07, 6.45) is 3.63. The van der Waals surface area contributed by atoms with E-state index in [0.29, 0.717) is 6.04 Å². The number of carbonyl (C=O) groups is 1. The topological polar surface area (TPSA) is 71.8 Å². The molecule has 0 amide bonds. The summed E-state index contributed by atoms with van der Waals surface area (Å²) < 4.78 is 15.9. The number of ether oxygens (including phenoxy) is 3. The first-order valence-corrected chi connectivity index (χ1v) is 8.94. The quantitative estimate of drug-likeness (QED) is 0.458. The fourth-order valence-electron chi connectivity index (χ4n) is 4.07. The zero-order chi connectivity index (χ0) is 18.7. The molecule has 2 aliphatic rings. The largest absolute Gasteiger partial charge is 0.497 e. The maximum absolute atomic E-state index is 12.2. The summed E-state index contributed by atoms with van der Waals surface area (Å²) in [5.41, 5.74) is 2.05. The van der Waals surface area contributed by atoms with Crippen molar-refractivity contribution in [3.8, 4) is 17.6 Å². The monoisotopic (exact) mass is 356 g/mol. The molecule has 1 aromatic rings. The van der Waals surface area contributed by atoms with Crippen LogP contribution >= 0.6 is 0 Å². The van der Waals surface area contributed by atoms with Crippen LogP contribution in [-0.4, -0.2) is 38.9 Å². The fraction of sp³-hybridized carbons (Fsp3) is 0.500. The molecule has 6 nitrogen and oxygen atoms in total. The van der Waals surface area contributed by atoms with Crippen molar-refractivity contribution in [2.75, 3.05) is 25.7 Å². The molecule has 3 rings (SSSR count). The average Bonchev–Trinajstić information content (AvgIpc) is 2.97. The maximum Gasteiger partial charge on any atom is 0.348 e. The van der Waals surface area contributed by atoms with Gasteiger partial charge in [-0.3, -0.25) is 0 Å². The van der Waals surface area contributed by atoms with Crippen molar-refractivity contribution in [3.63, 3.8) is 0 Å². The molecule has 2 saturated heterocycles. The summed E-state index contributed by atoms with van der Waals surface area (Å²) in [5.74, 6) is 0.931. The summed E-state index contributed by atoms with van der Waals surface area (Å²) in [7, 11) is 3.26. The van der Waals surface area contributed by atoms with Crippen molar-refractivity contribution in [2.24, 2.45) is 0 Å². The van der Waals surface area contributed by atoms with E-state index in [4.69, 9.17) is 14.2 Å². The molecule has 6 heteroatoms. The number of rotatable bonds is 5. The van der Waals surface area contributed by atoms with E-state index in [1.54, 1.807) is 21.1 Å². The van der Waals surface area contributed by atoms with Gasteiger partial charge in [-0.2, -0.15) is 5.26 Å². The molecule has 0 saturated carbocycles. The molecule has 0 spiro atoms. The molecule has 138 valence electrons. The van der Waals surface area contributed by atoms with Crippen molar-refractivity contribution >= 4 is 11.7 Å². The minimum atomic E-state index is -0.515. The van der Waals surface area contributed by atoms with Crippen LogP contribution in [0.25, 0.3) is 0 Å². The lowest BCUT2D eigenvalue weighted by molar-refractivity contribution is -0.138. The third-order valence-corrected chi connectivity index (χ3v) is 5.20. The van der Waals surface area contributed by atoms with Crippen molar-refractivity contribution < 1.29 is 19.0 Å². The number of hydrogen-bond acceptors (Lipinski definition) is 6. The molecule has 26 heavy (non-hydrogen) atoms. The number of piperidine rings is 1. The van der Waals surface area contributed by atoms with Gasteiger partial charge in [0.2, 0.25) is 0 Å². The number of nitrogens with zero attached hydrogens (tertiary/aromatic N) is 2. The Morgan fingerprint density at radius 2 is 1.88 bits per heavy atom. The van der Waals surface area contributed by atoms with E-state index in [0.717, 1.165) is 48.4 Å². The lowest BCUT2D eigenvalue weighted by atomic mass is 9.91. The predicted octanol–water partition coefficient (Wildman–Crippen LogP) is 3.22. The molecule has 2 heterocycles. The van der Waals surface area contributed by atoms with Gasteiger partial charge in [0.1, 0.15) is 23.1 Å². The summed E-state index contributed by atoms with van der Waals surface area (Å²) in [6.45, 7) is 2.01. The predicted molar refractivity (Wildman–Crippen MR) is 97.3 cm³/mol. The summed E-state index contributed by atoms with van der Waals surface area (Å²) >= 11 is 0. The van der Waals surface area contributed by atoms with Crippen LogP contribution < -0.4 is 14.4 Å². The van der Waals surface area contributed by atoms with Gasteiger partial charge in [0, 0.05) is 29.9 Å². The Kier molecular flexibility index (Phi) is 5.36. The highest BCUT2D eigenvalue weighted by molar-refractivity contribution is 5.94. The number of carbonyl (C=O) groups excluding carboxylic acids is 1. The second-order valence-electron chi connectivity index (χ2n) is 6.50. The number of methoxy groups -OCH3 is 2. The molecule has 2 atom stereocenters. The smallest absolute Gasteiger partial charge is 0.348 e. The normalized spacial score (nSPS) is 23.2. The van der Waals surface area contributed by atoms with E-state index in [2.05, 4.69) is 11.0 Å². The van der Waals surface area contributed by atoms with Crippen molar-refractivity contribution in [1.29, 1.82) is 5.26 Å². The highest BCUT2D eigenvalue weighted by Crippen LogP contribution is 2.44. The fourth-order valence-corrected chi connectivity index (χ4v) is 4.07. The minimum absolute atomic E-state index is 0.0321. The third-order valence-electron chi connectivity index (χ3n) is 5.20. The van der Waals surface area contributed by atoms with E-state index in [-0.39, 0.29) is 18.2 Å². The molecule has 2 aliphatic heterocycles. The van der Waals surface area contributed by atoms with Crippen LogP contribution in [0, 0.1) is 11.3 Å². The summed E-state index contributed by atoms with van der Waals surface area (Å²) in [6, 6.07) is 8.31. The Hall–Kier alpha value is -2.68. The van der Waals surface area contributed by atoms with Crippen LogP contribution in [0.4, 0.5) is 5.69 Å². The van der Waals surface area contributed by atoms with E-state index >= 15 is 0 Å². The summed E-state index contributed by atoms with van der Waals surface area (Å²) in [4.78, 5) is 14.5. The molecule has 2 bridgehead atoms. The highest BCUT2D eigenvalue weighted by atomic mass is 16.5. The molecule has 1 aromatic carbocycles. The Morgan fingerprint density at radius 1 is 1.19 bits per heavy atom. The summed E-state index contributed by atoms with van der Waals surface area (Å²) in [5, 5.41) is 9.56. The highest BCUT2D eigenvalue weighted by Gasteiger charge is 2.42. The van der Waals surface area contributed by atoms with Gasteiger partial charge in [0.25, 0.3) is 0 Å². The standard InChI is InChI=1S/C20H24N2O4/c1-4-26-20(23)18(12-21)17-7-5-13-6-8-19(17)22(13)14-9-15(24-2)11-16(10-14)25-3/h9-11,13,19H,4-8H2,1-3H3/b18-17+. The van der Waals surface area contributed by atoms with Gasteiger partial charge in [-0.15, -0.1) is 0 Å². The Labute approximate surface area is 153 Å². The number of hydrogen-bond donors (Lipinski definition) is 0. The van der Waals surface area contributed by atoms with Gasteiger partial charge in [0.05, 0.1) is 26.9 Å². The second kappa shape index (κ2) is 7.69. The average molecular weight is 356 g/mol. The van der Waals surface area contributed by atoms with Gasteiger partial charge >= 0.3 is 5.97 Å². The SMILES string of the molecule is CCOC(=O)/C(C#N)=C1\CCC2CCC1N2c1cc(OC)cc(OC)c1. The molecular weight excluding hydrogens is 332 g/mol. The molecular formula is C20H24N2O4. The van der Waals surface area contributed by atoms with Gasteiger partial charge in [-0.25, -0.2) is 4.79 Å². The minimum Gasteiger partial charge on any atom is -0.497 e. The maximum atomic E-state index is 12.2. The lowest BCUT2D eigenvalue weighted by Gasteiger charge is -2.39. The van der Waals surface area contributed by atoms with Gasteiger partial charge in [0.15, 0.2) is 0 Å². The first-order chi connectivity index (χ1) is 12.6. The van der Waals surface area contributed by atoms with E-state index in [9.17, 15) is 10.1 Å². The molecule has 0 aromatic heterocycles. The van der Waals surface area contributed by atoms with Gasteiger partial charge in [-0.05, 0) is 38.2 Å². The number of nitriles is 1. The van der Waals surface area contributed by atoms with E-state index < -0.39 is 5.97 Å². The van der Waals surface area contributed by atoms with Crippen LogP contribution in [0.5, 0.6) is 11.5 Å². The zero-order valence-corrected chi connectivity index (χ0v) is 15.4. The molecule has 2 unspecified atom stereocenters. The zero-order valence-electron chi connectivity index (χ0n) is 15.4. The van der Waals surface area contributed by atoms with Gasteiger partial charge < -0.3 is 19.1 Å². The number of esters is 1. The third kappa shape index (κ3) is 3.22. The Bertz CT molecular complexity index is 743. The number of benzene rings is 1. The van der Waals surface area contributed by atoms with E-state index in [1.807, 2.05) is 18.2 Å².